The number of rotatable bonds is 4. The van der Waals surface area contributed by atoms with Crippen LogP contribution in [0.1, 0.15) is 11.1 Å². The van der Waals surface area contributed by atoms with Crippen molar-refractivity contribution in [2.45, 2.75) is 18.7 Å². The summed E-state index contributed by atoms with van der Waals surface area (Å²) < 4.78 is 0. The first-order valence-corrected chi connectivity index (χ1v) is 7.03. The highest BCUT2D eigenvalue weighted by molar-refractivity contribution is 8.00. The van der Waals surface area contributed by atoms with E-state index in [1.54, 1.807) is 18.5 Å². The number of benzene rings is 1. The molecule has 0 radical (unpaired) electrons. The average molecular weight is 272 g/mol. The van der Waals surface area contributed by atoms with E-state index in [0.717, 1.165) is 10.6 Å². The van der Waals surface area contributed by atoms with Crippen LogP contribution >= 0.6 is 11.8 Å². The number of nitrogens with one attached hydrogen (secondary N) is 1. The first-order valence-electron chi connectivity index (χ1n) is 6.05. The van der Waals surface area contributed by atoms with Crippen molar-refractivity contribution in [3.05, 3.63) is 53.9 Å². The number of thioether (sulfide) groups is 1. The zero-order valence-electron chi connectivity index (χ0n) is 11.0. The van der Waals surface area contributed by atoms with Crippen LogP contribution in [0.15, 0.2) is 47.6 Å². The van der Waals surface area contributed by atoms with E-state index in [1.807, 2.05) is 12.1 Å². The molecule has 0 aliphatic heterocycles. The lowest BCUT2D eigenvalue weighted by molar-refractivity contribution is -0.113. The molecule has 98 valence electrons. The molecular formula is C15H16N2OS. The van der Waals surface area contributed by atoms with Gasteiger partial charge in [-0.3, -0.25) is 9.78 Å². The van der Waals surface area contributed by atoms with E-state index in [0.29, 0.717) is 5.75 Å². The number of aromatic nitrogens is 1. The maximum Gasteiger partial charge on any atom is 0.234 e. The molecule has 0 saturated heterocycles. The number of amides is 1. The third-order valence-electron chi connectivity index (χ3n) is 2.79. The minimum Gasteiger partial charge on any atom is -0.324 e. The number of anilines is 1. The highest BCUT2D eigenvalue weighted by Gasteiger charge is 2.04. The van der Waals surface area contributed by atoms with E-state index in [-0.39, 0.29) is 5.91 Å². The van der Waals surface area contributed by atoms with Crippen LogP contribution in [0.5, 0.6) is 0 Å². The molecule has 0 aliphatic carbocycles. The normalized spacial score (nSPS) is 10.2. The van der Waals surface area contributed by atoms with Gasteiger partial charge in [0, 0.05) is 11.1 Å². The largest absolute Gasteiger partial charge is 0.324 e. The van der Waals surface area contributed by atoms with Gasteiger partial charge < -0.3 is 5.32 Å². The quantitative estimate of drug-likeness (QED) is 0.867. The Morgan fingerprint density at radius 1 is 1.26 bits per heavy atom. The topological polar surface area (TPSA) is 42.0 Å². The summed E-state index contributed by atoms with van der Waals surface area (Å²) in [5.41, 5.74) is 3.25. The molecule has 1 aromatic carbocycles. The Morgan fingerprint density at radius 3 is 2.79 bits per heavy atom. The van der Waals surface area contributed by atoms with Crippen molar-refractivity contribution in [1.82, 2.24) is 4.98 Å². The molecule has 3 nitrogen and oxygen atoms in total. The Labute approximate surface area is 117 Å². The molecule has 0 aliphatic rings. The second kappa shape index (κ2) is 6.38. The summed E-state index contributed by atoms with van der Waals surface area (Å²) in [6.45, 7) is 4.16. The summed E-state index contributed by atoms with van der Waals surface area (Å²) >= 11 is 1.54. The van der Waals surface area contributed by atoms with Gasteiger partial charge in [-0.1, -0.05) is 6.07 Å². The fourth-order valence-electron chi connectivity index (χ4n) is 1.59. The van der Waals surface area contributed by atoms with Gasteiger partial charge in [0.15, 0.2) is 0 Å². The van der Waals surface area contributed by atoms with Crippen LogP contribution in [0.2, 0.25) is 0 Å². The Bertz CT molecular complexity index is 570. The van der Waals surface area contributed by atoms with E-state index in [2.05, 4.69) is 36.3 Å². The fraction of sp³-hybridized carbons (Fsp3) is 0.200. The molecule has 0 spiro atoms. The Balaban J connectivity index is 1.88. The van der Waals surface area contributed by atoms with Gasteiger partial charge in [0.1, 0.15) is 0 Å². The molecule has 4 heteroatoms. The number of aryl methyl sites for hydroxylation is 2. The highest BCUT2D eigenvalue weighted by Crippen LogP contribution is 2.21. The second-order valence-corrected chi connectivity index (χ2v) is 5.37. The molecule has 0 unspecified atom stereocenters. The predicted octanol–water partition coefficient (Wildman–Crippen LogP) is 3.43. The van der Waals surface area contributed by atoms with Gasteiger partial charge in [-0.05, 0) is 49.2 Å². The average Bonchev–Trinajstić information content (AvgIpc) is 2.41. The van der Waals surface area contributed by atoms with E-state index < -0.39 is 0 Å². The van der Waals surface area contributed by atoms with Gasteiger partial charge in [0.25, 0.3) is 0 Å². The van der Waals surface area contributed by atoms with Crippen LogP contribution in [0.4, 0.5) is 5.69 Å². The van der Waals surface area contributed by atoms with Gasteiger partial charge in [0.2, 0.25) is 5.91 Å². The van der Waals surface area contributed by atoms with Crippen molar-refractivity contribution in [2.24, 2.45) is 0 Å². The summed E-state index contributed by atoms with van der Waals surface area (Å²) in [6, 6.07) is 9.86. The smallest absolute Gasteiger partial charge is 0.234 e. The Kier molecular flexibility index (Phi) is 4.58. The first kappa shape index (κ1) is 13.6. The molecule has 0 fully saturated rings. The van der Waals surface area contributed by atoms with Crippen molar-refractivity contribution in [3.63, 3.8) is 0 Å². The van der Waals surface area contributed by atoms with E-state index in [9.17, 15) is 4.79 Å². The minimum absolute atomic E-state index is 0.0174. The lowest BCUT2D eigenvalue weighted by Crippen LogP contribution is -2.13. The second-order valence-electron chi connectivity index (χ2n) is 4.32. The lowest BCUT2D eigenvalue weighted by Gasteiger charge is -2.06. The SMILES string of the molecule is Cc1ccc(SCC(=O)Nc2cccnc2)cc1C. The third kappa shape index (κ3) is 4.10. The van der Waals surface area contributed by atoms with E-state index in [4.69, 9.17) is 0 Å². The van der Waals surface area contributed by atoms with Crippen molar-refractivity contribution >= 4 is 23.4 Å². The number of hydrogen-bond donors (Lipinski definition) is 1. The van der Waals surface area contributed by atoms with Crippen molar-refractivity contribution in [1.29, 1.82) is 0 Å². The number of carbonyl (C=O) groups excluding carboxylic acids is 1. The maximum atomic E-state index is 11.8. The van der Waals surface area contributed by atoms with Crippen LogP contribution < -0.4 is 5.32 Å². The lowest BCUT2D eigenvalue weighted by atomic mass is 10.1. The van der Waals surface area contributed by atoms with Crippen molar-refractivity contribution in [3.8, 4) is 0 Å². The molecule has 2 aromatic rings. The van der Waals surface area contributed by atoms with Crippen molar-refractivity contribution < 1.29 is 4.79 Å². The number of pyridine rings is 1. The minimum atomic E-state index is -0.0174. The maximum absolute atomic E-state index is 11.8. The Morgan fingerprint density at radius 2 is 2.11 bits per heavy atom. The van der Waals surface area contributed by atoms with Gasteiger partial charge in [0.05, 0.1) is 17.6 Å². The van der Waals surface area contributed by atoms with Crippen LogP contribution in [-0.2, 0) is 4.79 Å². The summed E-state index contributed by atoms with van der Waals surface area (Å²) in [7, 11) is 0. The highest BCUT2D eigenvalue weighted by atomic mass is 32.2. The molecule has 1 N–H and O–H groups in total. The third-order valence-corrected chi connectivity index (χ3v) is 3.79. The monoisotopic (exact) mass is 272 g/mol. The van der Waals surface area contributed by atoms with Gasteiger partial charge in [-0.25, -0.2) is 0 Å². The summed E-state index contributed by atoms with van der Waals surface area (Å²) in [5, 5.41) is 2.82. The molecular weight excluding hydrogens is 256 g/mol. The summed E-state index contributed by atoms with van der Waals surface area (Å²) in [6.07, 6.45) is 3.32. The number of carbonyl (C=O) groups is 1. The molecule has 2 rings (SSSR count). The zero-order chi connectivity index (χ0) is 13.7. The standard InChI is InChI=1S/C15H16N2OS/c1-11-5-6-14(8-12(11)2)19-10-15(18)17-13-4-3-7-16-9-13/h3-9H,10H2,1-2H3,(H,17,18). The van der Waals surface area contributed by atoms with Gasteiger partial charge in [-0.15, -0.1) is 11.8 Å². The fourth-order valence-corrected chi connectivity index (χ4v) is 2.38. The van der Waals surface area contributed by atoms with Gasteiger partial charge in [-0.2, -0.15) is 0 Å². The summed E-state index contributed by atoms with van der Waals surface area (Å²) in [4.78, 5) is 16.8. The number of nitrogens with zero attached hydrogens (tertiary/aromatic N) is 1. The van der Waals surface area contributed by atoms with Crippen molar-refractivity contribution in [2.75, 3.05) is 11.1 Å². The van der Waals surface area contributed by atoms with Gasteiger partial charge >= 0.3 is 0 Å². The molecule has 1 amide bonds. The zero-order valence-corrected chi connectivity index (χ0v) is 11.8. The van der Waals surface area contributed by atoms with E-state index >= 15 is 0 Å². The van der Waals surface area contributed by atoms with Crippen LogP contribution in [-0.4, -0.2) is 16.6 Å². The molecule has 0 saturated carbocycles. The van der Waals surface area contributed by atoms with Crippen LogP contribution in [0.25, 0.3) is 0 Å². The summed E-state index contributed by atoms with van der Waals surface area (Å²) in [5.74, 6) is 0.383. The molecule has 1 aromatic heterocycles. The molecule has 0 bridgehead atoms. The first-order chi connectivity index (χ1) is 9.15. The predicted molar refractivity (Wildman–Crippen MR) is 79.5 cm³/mol. The Hall–Kier alpha value is -1.81. The molecule has 0 atom stereocenters. The molecule has 19 heavy (non-hydrogen) atoms. The van der Waals surface area contributed by atoms with Crippen LogP contribution in [0, 0.1) is 13.8 Å². The number of hydrogen-bond acceptors (Lipinski definition) is 3. The van der Waals surface area contributed by atoms with Crippen LogP contribution in [0.3, 0.4) is 0 Å². The van der Waals surface area contributed by atoms with E-state index in [1.165, 1.54) is 22.9 Å². The molecule has 1 heterocycles.